The Kier molecular flexibility index (Phi) is 10.5. The number of guanidine groups is 1. The van der Waals surface area contributed by atoms with Crippen LogP contribution in [0.1, 0.15) is 28.1 Å². The van der Waals surface area contributed by atoms with Gasteiger partial charge in [-0.25, -0.2) is 0 Å². The lowest BCUT2D eigenvalue weighted by molar-refractivity contribution is 0.0951. The fraction of sp³-hybridized carbons (Fsp3) is 0.455. The standard InChI is InChI=1S/C22H33N5O3/c1-23-22(25-10-6-13-29-17-20-9-5-14-30-20)26-16-18-7-4-8-19(15-18)21(28)24-11-12-27(2)3/h4-5,7-9,14-15H,6,10-13,16-17H2,1-3H3,(H,24,28)(H2,23,25,26). The highest BCUT2D eigenvalue weighted by Gasteiger charge is 2.06. The number of nitrogens with zero attached hydrogens (tertiary/aromatic N) is 2. The zero-order valence-corrected chi connectivity index (χ0v) is 18.1. The molecule has 1 heterocycles. The molecule has 0 aliphatic heterocycles. The Morgan fingerprint density at radius 2 is 2.00 bits per heavy atom. The Morgan fingerprint density at radius 3 is 2.73 bits per heavy atom. The average Bonchev–Trinajstić information content (AvgIpc) is 3.26. The molecule has 8 nitrogen and oxygen atoms in total. The van der Waals surface area contributed by atoms with Crippen molar-refractivity contribution >= 4 is 11.9 Å². The van der Waals surface area contributed by atoms with Crippen LogP contribution >= 0.6 is 0 Å². The van der Waals surface area contributed by atoms with Gasteiger partial charge in [0.1, 0.15) is 12.4 Å². The number of furan rings is 1. The van der Waals surface area contributed by atoms with Crippen LogP contribution in [0.4, 0.5) is 0 Å². The summed E-state index contributed by atoms with van der Waals surface area (Å²) in [6.45, 7) is 3.87. The fourth-order valence-corrected chi connectivity index (χ4v) is 2.67. The van der Waals surface area contributed by atoms with Gasteiger partial charge in [-0.3, -0.25) is 9.79 Å². The lowest BCUT2D eigenvalue weighted by Gasteiger charge is -2.13. The maximum atomic E-state index is 12.3. The molecule has 1 amide bonds. The van der Waals surface area contributed by atoms with Crippen molar-refractivity contribution in [2.75, 3.05) is 47.4 Å². The number of aliphatic imine (C=N–C) groups is 1. The molecule has 0 bridgehead atoms. The van der Waals surface area contributed by atoms with Crippen LogP contribution in [0.5, 0.6) is 0 Å². The van der Waals surface area contributed by atoms with E-state index in [0.29, 0.717) is 37.8 Å². The van der Waals surface area contributed by atoms with Crippen molar-refractivity contribution in [1.29, 1.82) is 0 Å². The van der Waals surface area contributed by atoms with Gasteiger partial charge in [0.05, 0.1) is 6.26 Å². The Bertz CT molecular complexity index is 775. The lowest BCUT2D eigenvalue weighted by Crippen LogP contribution is -2.37. The Balaban J connectivity index is 1.66. The number of rotatable bonds is 12. The van der Waals surface area contributed by atoms with E-state index in [1.807, 2.05) is 55.4 Å². The predicted molar refractivity (Wildman–Crippen MR) is 119 cm³/mol. The summed E-state index contributed by atoms with van der Waals surface area (Å²) in [7, 11) is 5.69. The van der Waals surface area contributed by atoms with E-state index in [4.69, 9.17) is 9.15 Å². The molecule has 1 aromatic heterocycles. The topological polar surface area (TPSA) is 91.1 Å². The maximum Gasteiger partial charge on any atom is 0.251 e. The molecule has 0 atom stereocenters. The highest BCUT2D eigenvalue weighted by atomic mass is 16.5. The van der Waals surface area contributed by atoms with Gasteiger partial charge in [-0.1, -0.05) is 12.1 Å². The molecule has 3 N–H and O–H groups in total. The number of ether oxygens (including phenoxy) is 1. The second kappa shape index (κ2) is 13.4. The van der Waals surface area contributed by atoms with E-state index in [1.54, 1.807) is 13.3 Å². The number of amides is 1. The average molecular weight is 416 g/mol. The minimum atomic E-state index is -0.0595. The maximum absolute atomic E-state index is 12.3. The van der Waals surface area contributed by atoms with E-state index in [9.17, 15) is 4.79 Å². The number of carbonyl (C=O) groups is 1. The minimum absolute atomic E-state index is 0.0595. The van der Waals surface area contributed by atoms with Crippen molar-refractivity contribution in [2.45, 2.75) is 19.6 Å². The van der Waals surface area contributed by atoms with Crippen LogP contribution in [0.3, 0.4) is 0 Å². The molecule has 0 saturated heterocycles. The first-order chi connectivity index (χ1) is 14.6. The number of carbonyl (C=O) groups excluding carboxylic acids is 1. The molecule has 0 radical (unpaired) electrons. The number of hydrogen-bond acceptors (Lipinski definition) is 5. The van der Waals surface area contributed by atoms with E-state index in [0.717, 1.165) is 30.8 Å². The second-order valence-electron chi connectivity index (χ2n) is 7.10. The third-order valence-corrected chi connectivity index (χ3v) is 4.30. The van der Waals surface area contributed by atoms with E-state index in [2.05, 4.69) is 20.9 Å². The summed E-state index contributed by atoms with van der Waals surface area (Å²) in [5, 5.41) is 9.46. The van der Waals surface area contributed by atoms with Crippen LogP contribution in [0.2, 0.25) is 0 Å². The largest absolute Gasteiger partial charge is 0.467 e. The molecule has 0 spiro atoms. The summed E-state index contributed by atoms with van der Waals surface area (Å²) in [5.74, 6) is 1.48. The molecule has 2 aromatic rings. The van der Waals surface area contributed by atoms with E-state index >= 15 is 0 Å². The molecule has 0 saturated carbocycles. The van der Waals surface area contributed by atoms with Crippen molar-refractivity contribution < 1.29 is 13.9 Å². The molecule has 0 aliphatic rings. The Hall–Kier alpha value is -2.84. The summed E-state index contributed by atoms with van der Waals surface area (Å²) >= 11 is 0. The Labute approximate surface area is 178 Å². The van der Waals surface area contributed by atoms with Crippen molar-refractivity contribution in [3.63, 3.8) is 0 Å². The van der Waals surface area contributed by atoms with Crippen molar-refractivity contribution in [3.8, 4) is 0 Å². The summed E-state index contributed by atoms with van der Waals surface area (Å²) in [4.78, 5) is 18.5. The molecule has 1 aromatic carbocycles. The molecule has 164 valence electrons. The third-order valence-electron chi connectivity index (χ3n) is 4.30. The molecule has 2 rings (SSSR count). The lowest BCUT2D eigenvalue weighted by atomic mass is 10.1. The van der Waals surface area contributed by atoms with Crippen LogP contribution < -0.4 is 16.0 Å². The minimum Gasteiger partial charge on any atom is -0.467 e. The number of benzene rings is 1. The third kappa shape index (κ3) is 9.11. The Morgan fingerprint density at radius 1 is 1.13 bits per heavy atom. The molecular formula is C22H33N5O3. The predicted octanol–water partition coefficient (Wildman–Crippen LogP) is 1.84. The van der Waals surface area contributed by atoms with Gasteiger partial charge >= 0.3 is 0 Å². The van der Waals surface area contributed by atoms with Crippen molar-refractivity contribution in [1.82, 2.24) is 20.9 Å². The highest BCUT2D eigenvalue weighted by Crippen LogP contribution is 2.05. The zero-order valence-electron chi connectivity index (χ0n) is 18.1. The van der Waals surface area contributed by atoms with Gasteiger partial charge in [-0.2, -0.15) is 0 Å². The second-order valence-corrected chi connectivity index (χ2v) is 7.10. The van der Waals surface area contributed by atoms with Gasteiger partial charge in [-0.15, -0.1) is 0 Å². The monoisotopic (exact) mass is 415 g/mol. The van der Waals surface area contributed by atoms with E-state index < -0.39 is 0 Å². The molecular weight excluding hydrogens is 382 g/mol. The van der Waals surface area contributed by atoms with Crippen LogP contribution in [0, 0.1) is 0 Å². The number of likely N-dealkylation sites (N-methyl/N-ethyl adjacent to an activating group) is 1. The van der Waals surface area contributed by atoms with Gasteiger partial charge in [-0.05, 0) is 50.3 Å². The first-order valence-corrected chi connectivity index (χ1v) is 10.1. The van der Waals surface area contributed by atoms with E-state index in [-0.39, 0.29) is 5.91 Å². The molecule has 8 heteroatoms. The smallest absolute Gasteiger partial charge is 0.251 e. The molecule has 30 heavy (non-hydrogen) atoms. The van der Waals surface area contributed by atoms with Crippen LogP contribution in [0.25, 0.3) is 0 Å². The molecule has 0 fully saturated rings. The first kappa shape index (κ1) is 23.4. The molecule has 0 aliphatic carbocycles. The summed E-state index contributed by atoms with van der Waals surface area (Å²) in [6, 6.07) is 11.3. The normalized spacial score (nSPS) is 11.5. The van der Waals surface area contributed by atoms with Gasteiger partial charge in [0.25, 0.3) is 5.91 Å². The van der Waals surface area contributed by atoms with E-state index in [1.165, 1.54) is 0 Å². The summed E-state index contributed by atoms with van der Waals surface area (Å²) < 4.78 is 10.8. The van der Waals surface area contributed by atoms with Crippen molar-refractivity contribution in [3.05, 3.63) is 59.5 Å². The summed E-state index contributed by atoms with van der Waals surface area (Å²) in [5.41, 5.74) is 1.67. The van der Waals surface area contributed by atoms with Crippen LogP contribution in [-0.4, -0.2) is 64.2 Å². The number of hydrogen-bond donors (Lipinski definition) is 3. The fourth-order valence-electron chi connectivity index (χ4n) is 2.67. The van der Waals surface area contributed by atoms with Crippen molar-refractivity contribution in [2.24, 2.45) is 4.99 Å². The summed E-state index contributed by atoms with van der Waals surface area (Å²) in [6.07, 6.45) is 2.49. The van der Waals surface area contributed by atoms with Gasteiger partial charge in [0.15, 0.2) is 5.96 Å². The van der Waals surface area contributed by atoms with Crippen LogP contribution in [0.15, 0.2) is 52.1 Å². The van der Waals surface area contributed by atoms with Gasteiger partial charge in [0.2, 0.25) is 0 Å². The van der Waals surface area contributed by atoms with Crippen LogP contribution in [-0.2, 0) is 17.9 Å². The first-order valence-electron chi connectivity index (χ1n) is 10.1. The molecule has 0 unspecified atom stereocenters. The highest BCUT2D eigenvalue weighted by molar-refractivity contribution is 5.94. The number of nitrogens with one attached hydrogen (secondary N) is 3. The zero-order chi connectivity index (χ0) is 21.6. The van der Waals surface area contributed by atoms with Gasteiger partial charge < -0.3 is 30.0 Å². The quantitative estimate of drug-likeness (QED) is 0.278. The van der Waals surface area contributed by atoms with Gasteiger partial charge in [0, 0.05) is 45.4 Å². The SMILES string of the molecule is CN=C(NCCCOCc1ccco1)NCc1cccc(C(=O)NCCN(C)C)c1.